The quantitative estimate of drug-likeness (QED) is 0.687. The van der Waals surface area contributed by atoms with Crippen molar-refractivity contribution in [3.63, 3.8) is 0 Å². The number of hydrogen-bond acceptors (Lipinski definition) is 2. The van der Waals surface area contributed by atoms with Crippen molar-refractivity contribution < 1.29 is 9.69 Å². The van der Waals surface area contributed by atoms with E-state index in [0.29, 0.717) is 6.54 Å². The van der Waals surface area contributed by atoms with Crippen LogP contribution in [0.5, 0.6) is 0 Å². The summed E-state index contributed by atoms with van der Waals surface area (Å²) in [6.45, 7) is 5.86. The van der Waals surface area contributed by atoms with Gasteiger partial charge in [-0.05, 0) is 24.6 Å². The molecule has 1 fully saturated rings. The first kappa shape index (κ1) is 19.8. The minimum Gasteiger partial charge on any atom is -0.362 e. The van der Waals surface area contributed by atoms with E-state index < -0.39 is 0 Å². The Hall–Kier alpha value is -3.11. The first-order chi connectivity index (χ1) is 15.1. The highest BCUT2D eigenvalue weighted by Crippen LogP contribution is 2.37. The number of amides is 1. The van der Waals surface area contributed by atoms with Crippen LogP contribution in [0.3, 0.4) is 0 Å². The van der Waals surface area contributed by atoms with Gasteiger partial charge in [0.15, 0.2) is 0 Å². The van der Waals surface area contributed by atoms with Crippen molar-refractivity contribution in [1.29, 1.82) is 0 Å². The average molecular weight is 413 g/mol. The Morgan fingerprint density at radius 3 is 2.29 bits per heavy atom. The Kier molecular flexibility index (Phi) is 5.24. The van der Waals surface area contributed by atoms with Crippen LogP contribution in [0.1, 0.15) is 39.9 Å². The molecule has 5 rings (SSSR count). The minimum atomic E-state index is -0.323. The maximum atomic E-state index is 13.6. The van der Waals surface area contributed by atoms with Crippen LogP contribution in [0, 0.1) is 6.92 Å². The molecule has 2 heterocycles. The predicted molar refractivity (Wildman–Crippen MR) is 124 cm³/mol. The molecule has 0 atom stereocenters. The van der Waals surface area contributed by atoms with Gasteiger partial charge in [-0.3, -0.25) is 4.79 Å². The Bertz CT molecular complexity index is 1050. The normalized spacial score (nSPS) is 22.8. The lowest BCUT2D eigenvalue weighted by molar-refractivity contribution is -0.920. The number of nitrogens with one attached hydrogen (secondary N) is 2. The van der Waals surface area contributed by atoms with Crippen molar-refractivity contribution in [2.24, 2.45) is 0 Å². The molecule has 0 unspecified atom stereocenters. The second-order valence-corrected chi connectivity index (χ2v) is 8.99. The lowest BCUT2D eigenvalue weighted by Crippen LogP contribution is -3.12. The third-order valence-corrected chi connectivity index (χ3v) is 6.83. The van der Waals surface area contributed by atoms with Gasteiger partial charge in [-0.15, -0.1) is 0 Å². The second kappa shape index (κ2) is 8.20. The molecule has 2 aliphatic heterocycles. The summed E-state index contributed by atoms with van der Waals surface area (Å²) in [7, 11) is 0. The van der Waals surface area contributed by atoms with Gasteiger partial charge >= 0.3 is 0 Å². The van der Waals surface area contributed by atoms with Crippen LogP contribution >= 0.6 is 0 Å². The van der Waals surface area contributed by atoms with E-state index in [0.717, 1.165) is 43.7 Å². The number of likely N-dealkylation sites (tertiary alicyclic amines) is 1. The largest absolute Gasteiger partial charge is 0.362 e. The van der Waals surface area contributed by atoms with Crippen molar-refractivity contribution in [1.82, 2.24) is 4.90 Å². The molecule has 3 aromatic rings. The van der Waals surface area contributed by atoms with E-state index in [9.17, 15) is 4.79 Å². The van der Waals surface area contributed by atoms with Crippen LogP contribution in [0.2, 0.25) is 0 Å². The van der Waals surface area contributed by atoms with Gasteiger partial charge in [0, 0.05) is 30.6 Å². The molecule has 158 valence electrons. The molecular formula is C27H30N3O+. The fraction of sp³-hybridized carbons (Fsp3) is 0.296. The van der Waals surface area contributed by atoms with E-state index in [-0.39, 0.29) is 11.6 Å². The van der Waals surface area contributed by atoms with Crippen LogP contribution in [-0.2, 0) is 13.1 Å². The van der Waals surface area contributed by atoms with E-state index in [1.165, 1.54) is 16.7 Å². The third-order valence-electron chi connectivity index (χ3n) is 6.83. The number of anilines is 1. The maximum absolute atomic E-state index is 13.6. The third kappa shape index (κ3) is 3.96. The molecule has 4 heteroatoms. The molecule has 0 radical (unpaired) electrons. The van der Waals surface area contributed by atoms with E-state index in [2.05, 4.69) is 71.7 Å². The number of para-hydroxylation sites is 1. The van der Waals surface area contributed by atoms with Crippen LogP contribution in [0.25, 0.3) is 0 Å². The molecular weight excluding hydrogens is 382 g/mol. The average Bonchev–Trinajstić information content (AvgIpc) is 2.80. The van der Waals surface area contributed by atoms with Crippen molar-refractivity contribution in [3.05, 3.63) is 101 Å². The molecule has 1 saturated heterocycles. The summed E-state index contributed by atoms with van der Waals surface area (Å²) in [5, 5.41) is 3.80. The zero-order chi connectivity index (χ0) is 21.3. The number of quaternary nitrogens is 1. The van der Waals surface area contributed by atoms with Gasteiger partial charge in [0.25, 0.3) is 5.91 Å². The lowest BCUT2D eigenvalue weighted by Gasteiger charge is -2.51. The Balaban J connectivity index is 1.40. The first-order valence-electron chi connectivity index (χ1n) is 11.3. The maximum Gasteiger partial charge on any atom is 0.258 e. The number of nitrogens with zero attached hydrogens (tertiary/aromatic N) is 1. The molecule has 0 aliphatic carbocycles. The number of carbonyl (C=O) groups is 1. The number of aryl methyl sites for hydroxylation is 1. The standard InChI is InChI=1S/C27H29N3O/c1-21-11-13-23(14-12-21)20-30-26(31)24-9-5-6-10-25(24)28-27(30)15-17-29(18-16-27)19-22-7-3-2-4-8-22/h2-14,28H,15-20H2,1H3/p+1. The number of benzene rings is 3. The topological polar surface area (TPSA) is 36.8 Å². The molecule has 4 nitrogen and oxygen atoms in total. The van der Waals surface area contributed by atoms with E-state index in [4.69, 9.17) is 0 Å². The summed E-state index contributed by atoms with van der Waals surface area (Å²) >= 11 is 0. The molecule has 31 heavy (non-hydrogen) atoms. The van der Waals surface area contributed by atoms with Crippen LogP contribution < -0.4 is 10.2 Å². The van der Waals surface area contributed by atoms with Gasteiger partial charge in [0.1, 0.15) is 12.2 Å². The Morgan fingerprint density at radius 1 is 0.871 bits per heavy atom. The molecule has 3 aromatic carbocycles. The monoisotopic (exact) mass is 412 g/mol. The first-order valence-corrected chi connectivity index (χ1v) is 11.3. The molecule has 0 aromatic heterocycles. The van der Waals surface area contributed by atoms with Crippen molar-refractivity contribution in [2.75, 3.05) is 18.4 Å². The number of fused-ring (bicyclic) bond motifs is 1. The zero-order valence-electron chi connectivity index (χ0n) is 18.1. The zero-order valence-corrected chi connectivity index (χ0v) is 18.1. The summed E-state index contributed by atoms with van der Waals surface area (Å²) < 4.78 is 0. The van der Waals surface area contributed by atoms with Gasteiger partial charge in [0.2, 0.25) is 0 Å². The molecule has 0 saturated carbocycles. The van der Waals surface area contributed by atoms with E-state index in [1.54, 1.807) is 4.90 Å². The summed E-state index contributed by atoms with van der Waals surface area (Å²) in [5.41, 5.74) is 5.22. The number of rotatable bonds is 4. The predicted octanol–water partition coefficient (Wildman–Crippen LogP) is 3.64. The van der Waals surface area contributed by atoms with Crippen molar-refractivity contribution in [3.8, 4) is 0 Å². The van der Waals surface area contributed by atoms with Gasteiger partial charge in [-0.25, -0.2) is 0 Å². The molecule has 2 N–H and O–H groups in total. The summed E-state index contributed by atoms with van der Waals surface area (Å²) in [5.74, 6) is 0.140. The highest BCUT2D eigenvalue weighted by molar-refractivity contribution is 6.02. The number of piperidine rings is 1. The lowest BCUT2D eigenvalue weighted by atomic mass is 9.89. The minimum absolute atomic E-state index is 0.140. The highest BCUT2D eigenvalue weighted by atomic mass is 16.2. The van der Waals surface area contributed by atoms with Gasteiger partial charge < -0.3 is 15.1 Å². The summed E-state index contributed by atoms with van der Waals surface area (Å²) in [6.07, 6.45) is 1.89. The Morgan fingerprint density at radius 2 is 1.55 bits per heavy atom. The van der Waals surface area contributed by atoms with Gasteiger partial charge in [0.05, 0.1) is 18.7 Å². The molecule has 0 bridgehead atoms. The van der Waals surface area contributed by atoms with Crippen molar-refractivity contribution in [2.45, 2.75) is 38.5 Å². The summed E-state index contributed by atoms with van der Waals surface area (Å²) in [4.78, 5) is 17.3. The SMILES string of the molecule is Cc1ccc(CN2C(=O)c3ccccc3NC23CC[NH+](Cc2ccccc2)CC3)cc1. The second-order valence-electron chi connectivity index (χ2n) is 8.99. The number of carbonyl (C=O) groups excluding carboxylic acids is 1. The van der Waals surface area contributed by atoms with E-state index in [1.807, 2.05) is 24.3 Å². The fourth-order valence-corrected chi connectivity index (χ4v) is 5.01. The molecule has 1 amide bonds. The van der Waals surface area contributed by atoms with Crippen LogP contribution in [-0.4, -0.2) is 29.6 Å². The van der Waals surface area contributed by atoms with Crippen molar-refractivity contribution >= 4 is 11.6 Å². The van der Waals surface area contributed by atoms with Crippen LogP contribution in [0.15, 0.2) is 78.9 Å². The fourth-order valence-electron chi connectivity index (χ4n) is 5.01. The Labute approximate surface area is 184 Å². The summed E-state index contributed by atoms with van der Waals surface area (Å²) in [6, 6.07) is 27.2. The van der Waals surface area contributed by atoms with Gasteiger partial charge in [-0.1, -0.05) is 72.3 Å². The highest BCUT2D eigenvalue weighted by Gasteiger charge is 2.47. The molecule has 1 spiro atoms. The van der Waals surface area contributed by atoms with E-state index >= 15 is 0 Å². The van der Waals surface area contributed by atoms with Gasteiger partial charge in [-0.2, -0.15) is 0 Å². The van der Waals surface area contributed by atoms with Crippen LogP contribution in [0.4, 0.5) is 5.69 Å². The molecule has 2 aliphatic rings. The smallest absolute Gasteiger partial charge is 0.258 e. The number of hydrogen-bond donors (Lipinski definition) is 2.